The van der Waals surface area contributed by atoms with Gasteiger partial charge in [0.1, 0.15) is 0 Å². The van der Waals surface area contributed by atoms with Crippen LogP contribution in [0.25, 0.3) is 0 Å². The Kier molecular flexibility index (Phi) is 4.91. The zero-order chi connectivity index (χ0) is 14.7. The minimum absolute atomic E-state index is 0.103. The molecule has 3 nitrogen and oxygen atoms in total. The average Bonchev–Trinajstić information content (AvgIpc) is 2.80. The molecule has 0 radical (unpaired) electrons. The van der Waals surface area contributed by atoms with Gasteiger partial charge in [0.2, 0.25) is 0 Å². The number of halogens is 2. The molecule has 0 saturated carbocycles. The van der Waals surface area contributed by atoms with E-state index in [4.69, 9.17) is 23.2 Å². The minimum Gasteiger partial charge on any atom is -0.331 e. The summed E-state index contributed by atoms with van der Waals surface area (Å²) in [6.45, 7) is 3.82. The van der Waals surface area contributed by atoms with E-state index in [-0.39, 0.29) is 12.1 Å². The number of rotatable bonds is 3. The number of aryl methyl sites for hydroxylation is 1. The first-order chi connectivity index (χ1) is 9.45. The largest absolute Gasteiger partial charge is 0.331 e. The molecule has 1 atom stereocenters. The lowest BCUT2D eigenvalue weighted by molar-refractivity contribution is 0.249. The van der Waals surface area contributed by atoms with E-state index in [1.807, 2.05) is 38.1 Å². The van der Waals surface area contributed by atoms with Gasteiger partial charge in [-0.25, -0.2) is 4.79 Å². The van der Waals surface area contributed by atoms with E-state index in [9.17, 15) is 4.79 Å². The summed E-state index contributed by atoms with van der Waals surface area (Å²) in [5.41, 5.74) is 1.63. The number of urea groups is 1. The summed E-state index contributed by atoms with van der Waals surface area (Å²) in [6.07, 6.45) is 0. The van der Waals surface area contributed by atoms with Crippen molar-refractivity contribution >= 4 is 46.3 Å². The van der Waals surface area contributed by atoms with Crippen molar-refractivity contribution in [3.63, 3.8) is 0 Å². The first-order valence-electron chi connectivity index (χ1n) is 6.04. The summed E-state index contributed by atoms with van der Waals surface area (Å²) in [4.78, 5) is 12.9. The summed E-state index contributed by atoms with van der Waals surface area (Å²) in [6, 6.07) is 8.74. The smallest absolute Gasteiger partial charge is 0.319 e. The maximum absolute atomic E-state index is 11.9. The van der Waals surface area contributed by atoms with Crippen LogP contribution in [0, 0.1) is 6.92 Å². The molecule has 0 spiro atoms. The molecule has 0 aliphatic heterocycles. The molecule has 0 aliphatic carbocycles. The van der Waals surface area contributed by atoms with Gasteiger partial charge in [-0.05, 0) is 43.7 Å². The first kappa shape index (κ1) is 15.2. The maximum atomic E-state index is 11.9. The molecular formula is C14H14Cl2N2OS. The van der Waals surface area contributed by atoms with Crippen LogP contribution in [0.4, 0.5) is 10.5 Å². The van der Waals surface area contributed by atoms with Gasteiger partial charge in [0, 0.05) is 15.6 Å². The molecule has 20 heavy (non-hydrogen) atoms. The van der Waals surface area contributed by atoms with Crippen molar-refractivity contribution in [2.45, 2.75) is 19.9 Å². The summed E-state index contributed by atoms with van der Waals surface area (Å²) >= 11 is 13.3. The van der Waals surface area contributed by atoms with Crippen molar-refractivity contribution in [1.29, 1.82) is 0 Å². The van der Waals surface area contributed by atoms with Gasteiger partial charge in [-0.15, -0.1) is 11.3 Å². The molecule has 1 aromatic heterocycles. The van der Waals surface area contributed by atoms with E-state index in [0.717, 1.165) is 10.4 Å². The number of carbonyl (C=O) groups is 1. The van der Waals surface area contributed by atoms with Gasteiger partial charge >= 0.3 is 6.03 Å². The van der Waals surface area contributed by atoms with Crippen molar-refractivity contribution in [2.75, 3.05) is 5.32 Å². The fraction of sp³-hybridized carbons (Fsp3) is 0.214. The quantitative estimate of drug-likeness (QED) is 0.794. The van der Waals surface area contributed by atoms with Crippen LogP contribution in [0.1, 0.15) is 23.4 Å². The second-order valence-corrected chi connectivity index (χ2v) is 6.58. The number of carbonyl (C=O) groups excluding carboxylic acids is 1. The zero-order valence-electron chi connectivity index (χ0n) is 11.0. The molecule has 0 unspecified atom stereocenters. The van der Waals surface area contributed by atoms with E-state index >= 15 is 0 Å². The van der Waals surface area contributed by atoms with Gasteiger partial charge in [-0.2, -0.15) is 0 Å². The number of hydrogen-bond acceptors (Lipinski definition) is 2. The Morgan fingerprint density at radius 2 is 2.00 bits per heavy atom. The number of benzene rings is 1. The Hall–Kier alpha value is -1.23. The lowest BCUT2D eigenvalue weighted by Gasteiger charge is -2.13. The van der Waals surface area contributed by atoms with Gasteiger partial charge in [-0.1, -0.05) is 29.3 Å². The number of nitrogens with one attached hydrogen (secondary N) is 2. The van der Waals surface area contributed by atoms with E-state index in [0.29, 0.717) is 15.0 Å². The predicted molar refractivity (Wildman–Crippen MR) is 86.1 cm³/mol. The van der Waals surface area contributed by atoms with Crippen LogP contribution < -0.4 is 10.6 Å². The molecule has 106 valence electrons. The Morgan fingerprint density at radius 1 is 1.25 bits per heavy atom. The molecule has 6 heteroatoms. The maximum Gasteiger partial charge on any atom is 0.319 e. The van der Waals surface area contributed by atoms with Crippen LogP contribution in [0.2, 0.25) is 9.36 Å². The molecule has 2 N–H and O–H groups in total. The van der Waals surface area contributed by atoms with E-state index in [2.05, 4.69) is 10.6 Å². The molecule has 1 heterocycles. The van der Waals surface area contributed by atoms with Crippen LogP contribution in [0.5, 0.6) is 0 Å². The van der Waals surface area contributed by atoms with Crippen LogP contribution in [0.15, 0.2) is 30.3 Å². The molecule has 2 amide bonds. The topological polar surface area (TPSA) is 41.1 Å². The molecule has 2 rings (SSSR count). The molecule has 0 aliphatic rings. The van der Waals surface area contributed by atoms with E-state index < -0.39 is 0 Å². The summed E-state index contributed by atoms with van der Waals surface area (Å²) < 4.78 is 0.708. The van der Waals surface area contributed by atoms with Gasteiger partial charge in [0.05, 0.1) is 10.4 Å². The standard InChI is InChI=1S/C14H14Cl2N2OS/c1-8-3-4-10(7-11(8)15)18-14(19)17-9(2)12-5-6-13(16)20-12/h3-7,9H,1-2H3,(H2,17,18,19)/t9-/m1/s1. The highest BCUT2D eigenvalue weighted by Gasteiger charge is 2.11. The fourth-order valence-corrected chi connectivity index (χ4v) is 2.91. The third-order valence-corrected chi connectivity index (χ3v) is 4.62. The van der Waals surface area contributed by atoms with Crippen molar-refractivity contribution in [1.82, 2.24) is 5.32 Å². The number of anilines is 1. The number of thiophene rings is 1. The normalized spacial score (nSPS) is 12.0. The second kappa shape index (κ2) is 6.48. The summed E-state index contributed by atoms with van der Waals surface area (Å²) in [5, 5.41) is 6.23. The Morgan fingerprint density at radius 3 is 2.60 bits per heavy atom. The second-order valence-electron chi connectivity index (χ2n) is 4.43. The lowest BCUT2D eigenvalue weighted by atomic mass is 10.2. The third-order valence-electron chi connectivity index (χ3n) is 2.80. The average molecular weight is 329 g/mol. The fourth-order valence-electron chi connectivity index (χ4n) is 1.67. The van der Waals surface area contributed by atoms with Crippen LogP contribution in [-0.4, -0.2) is 6.03 Å². The SMILES string of the molecule is Cc1ccc(NC(=O)N[C@H](C)c2ccc(Cl)s2)cc1Cl. The van der Waals surface area contributed by atoms with E-state index in [1.54, 1.807) is 6.07 Å². The first-order valence-corrected chi connectivity index (χ1v) is 7.62. The molecule has 0 fully saturated rings. The minimum atomic E-state index is -0.276. The highest BCUT2D eigenvalue weighted by Crippen LogP contribution is 2.26. The van der Waals surface area contributed by atoms with Crippen molar-refractivity contribution in [3.05, 3.63) is 50.1 Å². The van der Waals surface area contributed by atoms with Crippen LogP contribution in [0.3, 0.4) is 0 Å². The Bertz CT molecular complexity index is 627. The molecule has 2 aromatic rings. The van der Waals surface area contributed by atoms with E-state index in [1.165, 1.54) is 11.3 Å². The van der Waals surface area contributed by atoms with Gasteiger partial charge in [0.15, 0.2) is 0 Å². The zero-order valence-corrected chi connectivity index (χ0v) is 13.4. The van der Waals surface area contributed by atoms with Crippen molar-refractivity contribution < 1.29 is 4.79 Å². The van der Waals surface area contributed by atoms with Crippen molar-refractivity contribution in [3.8, 4) is 0 Å². The molecular weight excluding hydrogens is 315 g/mol. The molecule has 0 saturated heterocycles. The highest BCUT2D eigenvalue weighted by molar-refractivity contribution is 7.16. The predicted octanol–water partition coefficient (Wildman–Crippen LogP) is 5.25. The van der Waals surface area contributed by atoms with Crippen molar-refractivity contribution in [2.24, 2.45) is 0 Å². The van der Waals surface area contributed by atoms with Gasteiger partial charge < -0.3 is 10.6 Å². The van der Waals surface area contributed by atoms with Gasteiger partial charge in [0.25, 0.3) is 0 Å². The molecule has 0 bridgehead atoms. The highest BCUT2D eigenvalue weighted by atomic mass is 35.5. The molecule has 1 aromatic carbocycles. The number of amides is 2. The number of hydrogen-bond donors (Lipinski definition) is 2. The Labute approximate surface area is 131 Å². The van der Waals surface area contributed by atoms with Crippen LogP contribution in [-0.2, 0) is 0 Å². The summed E-state index contributed by atoms with van der Waals surface area (Å²) in [5.74, 6) is 0. The van der Waals surface area contributed by atoms with Gasteiger partial charge in [-0.3, -0.25) is 0 Å². The van der Waals surface area contributed by atoms with Crippen LogP contribution >= 0.6 is 34.5 Å². The monoisotopic (exact) mass is 328 g/mol. The Balaban J connectivity index is 1.96. The summed E-state index contributed by atoms with van der Waals surface area (Å²) in [7, 11) is 0. The third kappa shape index (κ3) is 3.88. The lowest BCUT2D eigenvalue weighted by Crippen LogP contribution is -2.30.